The van der Waals surface area contributed by atoms with E-state index in [1.165, 1.54) is 5.39 Å². The Morgan fingerprint density at radius 2 is 1.61 bits per heavy atom. The predicted molar refractivity (Wildman–Crippen MR) is 115 cm³/mol. The topological polar surface area (TPSA) is 52.3 Å². The second kappa shape index (κ2) is 9.63. The van der Waals surface area contributed by atoms with Crippen LogP contribution in [0.5, 0.6) is 0 Å². The van der Waals surface area contributed by atoms with Gasteiger partial charge >= 0.3 is 0 Å². The lowest BCUT2D eigenvalue weighted by molar-refractivity contribution is -0.120. The van der Waals surface area contributed by atoms with Gasteiger partial charge in [-0.1, -0.05) is 66.7 Å². The Kier molecular flexibility index (Phi) is 6.96. The summed E-state index contributed by atoms with van der Waals surface area (Å²) < 4.78 is 5.65. The van der Waals surface area contributed by atoms with E-state index in [9.17, 15) is 4.79 Å². The molecule has 3 aromatic carbocycles. The third kappa shape index (κ3) is 5.28. The Labute approximate surface area is 167 Å². The van der Waals surface area contributed by atoms with E-state index in [-0.39, 0.29) is 17.8 Å². The molecule has 28 heavy (non-hydrogen) atoms. The van der Waals surface area contributed by atoms with Crippen LogP contribution in [0.4, 0.5) is 0 Å². The summed E-state index contributed by atoms with van der Waals surface area (Å²) in [6, 6.07) is 22.6. The van der Waals surface area contributed by atoms with Gasteiger partial charge in [-0.3, -0.25) is 4.79 Å². The molecule has 0 saturated carbocycles. The maximum absolute atomic E-state index is 13.1. The Balaban J connectivity index is 1.73. The van der Waals surface area contributed by atoms with Gasteiger partial charge in [-0.05, 0) is 54.3 Å². The van der Waals surface area contributed by atoms with E-state index in [4.69, 9.17) is 10.5 Å². The summed E-state index contributed by atoms with van der Waals surface area (Å²) in [4.78, 5) is 13.1. The number of rotatable bonds is 9. The van der Waals surface area contributed by atoms with E-state index < -0.39 is 0 Å². The molecule has 3 rings (SSSR count). The fourth-order valence-electron chi connectivity index (χ4n) is 3.46. The van der Waals surface area contributed by atoms with Crippen molar-refractivity contribution in [1.29, 1.82) is 0 Å². The summed E-state index contributed by atoms with van der Waals surface area (Å²) in [6.07, 6.45) is 1.29. The summed E-state index contributed by atoms with van der Waals surface area (Å²) >= 11 is 0. The average molecular weight is 376 g/mol. The normalized spacial score (nSPS) is 12.4. The lowest BCUT2D eigenvalue weighted by Crippen LogP contribution is -2.19. The lowest BCUT2D eigenvalue weighted by Gasteiger charge is -2.17. The van der Waals surface area contributed by atoms with Crippen molar-refractivity contribution in [2.75, 3.05) is 6.54 Å². The number of ketones is 1. The van der Waals surface area contributed by atoms with Crippen LogP contribution in [0.3, 0.4) is 0 Å². The number of carbonyl (C=O) groups is 1. The Morgan fingerprint density at radius 1 is 0.929 bits per heavy atom. The van der Waals surface area contributed by atoms with Gasteiger partial charge in [0.15, 0.2) is 0 Å². The summed E-state index contributed by atoms with van der Waals surface area (Å²) in [5, 5.41) is 2.36. The number of hydrogen-bond acceptors (Lipinski definition) is 3. The van der Waals surface area contributed by atoms with Gasteiger partial charge in [-0.15, -0.1) is 0 Å². The van der Waals surface area contributed by atoms with Gasteiger partial charge in [0.25, 0.3) is 0 Å². The standard InChI is InChI=1S/C25H29NO2/c1-18(2)28-17-19-7-11-22(12-8-19)24(13-14-26)25(27)16-20-9-10-21-5-3-4-6-23(21)15-20/h3-12,15,18,24H,13-14,16-17,26H2,1-2H3. The molecule has 0 fully saturated rings. The minimum absolute atomic E-state index is 0.170. The molecule has 1 unspecified atom stereocenters. The van der Waals surface area contributed by atoms with Crippen molar-refractivity contribution in [2.45, 2.75) is 45.3 Å². The molecule has 0 radical (unpaired) electrons. The molecule has 0 heterocycles. The third-order valence-corrected chi connectivity index (χ3v) is 5.00. The molecular weight excluding hydrogens is 346 g/mol. The fourth-order valence-corrected chi connectivity index (χ4v) is 3.46. The highest BCUT2D eigenvalue weighted by atomic mass is 16.5. The molecule has 0 saturated heterocycles. The first-order chi connectivity index (χ1) is 13.6. The van der Waals surface area contributed by atoms with Crippen LogP contribution in [-0.2, 0) is 22.6 Å². The molecule has 2 N–H and O–H groups in total. The molecule has 3 heteroatoms. The predicted octanol–water partition coefficient (Wildman–Crippen LogP) is 5.01. The van der Waals surface area contributed by atoms with Gasteiger partial charge in [-0.2, -0.15) is 0 Å². The van der Waals surface area contributed by atoms with Gasteiger partial charge in [-0.25, -0.2) is 0 Å². The van der Waals surface area contributed by atoms with E-state index in [0.717, 1.165) is 22.1 Å². The SMILES string of the molecule is CC(C)OCc1ccc(C(CCN)C(=O)Cc2ccc3ccccc3c2)cc1. The zero-order valence-corrected chi connectivity index (χ0v) is 16.7. The van der Waals surface area contributed by atoms with Crippen LogP contribution in [-0.4, -0.2) is 18.4 Å². The van der Waals surface area contributed by atoms with E-state index in [2.05, 4.69) is 24.3 Å². The minimum atomic E-state index is -0.170. The van der Waals surface area contributed by atoms with Crippen LogP contribution in [0.15, 0.2) is 66.7 Å². The highest BCUT2D eigenvalue weighted by Crippen LogP contribution is 2.24. The first-order valence-corrected chi connectivity index (χ1v) is 9.97. The number of carbonyl (C=O) groups excluding carboxylic acids is 1. The average Bonchev–Trinajstić information content (AvgIpc) is 2.71. The quantitative estimate of drug-likeness (QED) is 0.572. The van der Waals surface area contributed by atoms with Crippen molar-refractivity contribution in [3.8, 4) is 0 Å². The fraction of sp³-hybridized carbons (Fsp3) is 0.320. The van der Waals surface area contributed by atoms with Crippen molar-refractivity contribution in [3.05, 3.63) is 83.4 Å². The maximum atomic E-state index is 13.1. The van der Waals surface area contributed by atoms with Crippen LogP contribution in [0.2, 0.25) is 0 Å². The van der Waals surface area contributed by atoms with Crippen LogP contribution in [0.1, 0.15) is 42.9 Å². The van der Waals surface area contributed by atoms with Crippen LogP contribution in [0, 0.1) is 0 Å². The van der Waals surface area contributed by atoms with Gasteiger partial charge < -0.3 is 10.5 Å². The Morgan fingerprint density at radius 3 is 2.29 bits per heavy atom. The van der Waals surface area contributed by atoms with Crippen LogP contribution >= 0.6 is 0 Å². The van der Waals surface area contributed by atoms with E-state index in [1.54, 1.807) is 0 Å². The molecule has 0 amide bonds. The highest BCUT2D eigenvalue weighted by Gasteiger charge is 2.20. The van der Waals surface area contributed by atoms with Crippen molar-refractivity contribution in [2.24, 2.45) is 5.73 Å². The zero-order chi connectivity index (χ0) is 19.9. The second-order valence-electron chi connectivity index (χ2n) is 7.56. The zero-order valence-electron chi connectivity index (χ0n) is 16.7. The number of fused-ring (bicyclic) bond motifs is 1. The van der Waals surface area contributed by atoms with Crippen LogP contribution < -0.4 is 5.73 Å². The number of hydrogen-bond donors (Lipinski definition) is 1. The van der Waals surface area contributed by atoms with Gasteiger partial charge in [0, 0.05) is 12.3 Å². The lowest BCUT2D eigenvalue weighted by atomic mass is 9.87. The monoisotopic (exact) mass is 375 g/mol. The summed E-state index contributed by atoms with van der Waals surface area (Å²) in [6.45, 7) is 5.13. The van der Waals surface area contributed by atoms with Gasteiger partial charge in [0.1, 0.15) is 5.78 Å². The summed E-state index contributed by atoms with van der Waals surface area (Å²) in [7, 11) is 0. The van der Waals surface area contributed by atoms with Crippen molar-refractivity contribution in [3.63, 3.8) is 0 Å². The molecule has 0 aliphatic heterocycles. The molecule has 0 aliphatic rings. The molecule has 3 aromatic rings. The molecule has 0 aromatic heterocycles. The van der Waals surface area contributed by atoms with E-state index >= 15 is 0 Å². The molecule has 0 aliphatic carbocycles. The highest BCUT2D eigenvalue weighted by molar-refractivity contribution is 5.89. The van der Waals surface area contributed by atoms with Crippen molar-refractivity contribution < 1.29 is 9.53 Å². The van der Waals surface area contributed by atoms with Crippen LogP contribution in [0.25, 0.3) is 10.8 Å². The molecule has 1 atom stereocenters. The Hall–Kier alpha value is -2.49. The molecule has 0 bridgehead atoms. The number of Topliss-reactive ketones (excluding diaryl/α,β-unsaturated/α-hetero) is 1. The van der Waals surface area contributed by atoms with E-state index in [0.29, 0.717) is 26.0 Å². The minimum Gasteiger partial charge on any atom is -0.374 e. The third-order valence-electron chi connectivity index (χ3n) is 5.00. The molecule has 3 nitrogen and oxygen atoms in total. The van der Waals surface area contributed by atoms with Gasteiger partial charge in [0.2, 0.25) is 0 Å². The molecule has 0 spiro atoms. The summed E-state index contributed by atoms with van der Waals surface area (Å²) in [5.74, 6) is 0.0449. The van der Waals surface area contributed by atoms with E-state index in [1.807, 2.05) is 56.3 Å². The summed E-state index contributed by atoms with van der Waals surface area (Å²) in [5.41, 5.74) is 9.01. The number of benzene rings is 3. The first-order valence-electron chi connectivity index (χ1n) is 9.97. The maximum Gasteiger partial charge on any atom is 0.144 e. The molecular formula is C25H29NO2. The second-order valence-corrected chi connectivity index (χ2v) is 7.56. The number of ether oxygens (including phenoxy) is 1. The molecule has 146 valence electrons. The number of nitrogens with two attached hydrogens (primary N) is 1. The first kappa shape index (κ1) is 20.2. The van der Waals surface area contributed by atoms with Crippen molar-refractivity contribution in [1.82, 2.24) is 0 Å². The van der Waals surface area contributed by atoms with Gasteiger partial charge in [0.05, 0.1) is 12.7 Å². The Bertz CT molecular complexity index is 915. The van der Waals surface area contributed by atoms with Crippen molar-refractivity contribution >= 4 is 16.6 Å². The smallest absolute Gasteiger partial charge is 0.144 e. The largest absolute Gasteiger partial charge is 0.374 e.